The number of aromatic carboxylic acids is 1. The number of aromatic amines is 1. The fourth-order valence-corrected chi connectivity index (χ4v) is 4.22. The molecule has 162 valence electrons. The number of aromatic nitrogens is 2. The number of aryl methyl sites for hydroxylation is 1. The van der Waals surface area contributed by atoms with Crippen molar-refractivity contribution in [3.8, 4) is 17.0 Å². The quantitative estimate of drug-likeness (QED) is 0.474. The second-order valence-corrected chi connectivity index (χ2v) is 7.89. The number of fused-ring (bicyclic) bond motifs is 1. The first-order valence-electron chi connectivity index (χ1n) is 9.96. The molecule has 0 unspecified atom stereocenters. The Morgan fingerprint density at radius 3 is 2.52 bits per heavy atom. The molecule has 9 heteroatoms. The predicted molar refractivity (Wildman–Crippen MR) is 113 cm³/mol. The average Bonchev–Trinajstić information content (AvgIpc) is 2.98. The molecule has 2 aromatic heterocycles. The Bertz CT molecular complexity index is 1270. The number of nitrogens with one attached hydrogen (secondary N) is 1. The summed E-state index contributed by atoms with van der Waals surface area (Å²) in [7, 11) is 1.94. The van der Waals surface area contributed by atoms with Crippen LogP contribution in [0.4, 0.5) is 0 Å². The molecule has 0 radical (unpaired) electrons. The van der Waals surface area contributed by atoms with Crippen molar-refractivity contribution in [3.63, 3.8) is 0 Å². The molecule has 1 saturated heterocycles. The third-order valence-corrected chi connectivity index (χ3v) is 5.98. The van der Waals surface area contributed by atoms with E-state index in [1.807, 2.05) is 35.9 Å². The van der Waals surface area contributed by atoms with Crippen molar-refractivity contribution < 1.29 is 24.9 Å². The number of hydrogen-bond acceptors (Lipinski definition) is 5. The highest BCUT2D eigenvalue weighted by molar-refractivity contribution is 5.92. The minimum Gasteiger partial charge on any atom is -0.506 e. The van der Waals surface area contributed by atoms with Crippen LogP contribution in [0.25, 0.3) is 22.2 Å². The summed E-state index contributed by atoms with van der Waals surface area (Å²) in [5, 5.41) is 29.6. The van der Waals surface area contributed by atoms with Gasteiger partial charge in [-0.05, 0) is 30.2 Å². The number of aromatic hydroxyl groups is 1. The van der Waals surface area contributed by atoms with Crippen molar-refractivity contribution in [1.82, 2.24) is 14.5 Å². The van der Waals surface area contributed by atoms with Crippen molar-refractivity contribution in [3.05, 3.63) is 51.4 Å². The van der Waals surface area contributed by atoms with E-state index in [1.165, 1.54) is 0 Å². The zero-order valence-electron chi connectivity index (χ0n) is 17.2. The van der Waals surface area contributed by atoms with E-state index in [0.717, 1.165) is 16.6 Å². The molecule has 0 saturated carbocycles. The van der Waals surface area contributed by atoms with Crippen molar-refractivity contribution in [1.29, 1.82) is 0 Å². The molecule has 4 N–H and O–H groups in total. The molecule has 1 fully saturated rings. The van der Waals surface area contributed by atoms with Crippen LogP contribution in [0.3, 0.4) is 0 Å². The lowest BCUT2D eigenvalue weighted by atomic mass is 9.99. The van der Waals surface area contributed by atoms with Gasteiger partial charge in [0.05, 0.1) is 11.6 Å². The molecule has 1 aliphatic rings. The lowest BCUT2D eigenvalue weighted by Gasteiger charge is -2.36. The van der Waals surface area contributed by atoms with Gasteiger partial charge in [0, 0.05) is 48.8 Å². The third-order valence-electron chi connectivity index (χ3n) is 5.98. The van der Waals surface area contributed by atoms with Crippen molar-refractivity contribution in [2.24, 2.45) is 13.0 Å². The van der Waals surface area contributed by atoms with Gasteiger partial charge in [0.25, 0.3) is 5.56 Å². The summed E-state index contributed by atoms with van der Waals surface area (Å²) in [6.45, 7) is 3.46. The summed E-state index contributed by atoms with van der Waals surface area (Å²) >= 11 is 0. The fraction of sp³-hybridized carbons (Fsp3) is 0.318. The van der Waals surface area contributed by atoms with Crippen molar-refractivity contribution in [2.45, 2.75) is 19.9 Å². The molecule has 3 aromatic rings. The lowest BCUT2D eigenvalue weighted by molar-refractivity contribution is -0.147. The van der Waals surface area contributed by atoms with Gasteiger partial charge in [0.2, 0.25) is 0 Å². The van der Waals surface area contributed by atoms with Crippen LogP contribution < -0.4 is 5.56 Å². The second-order valence-electron chi connectivity index (χ2n) is 7.89. The summed E-state index contributed by atoms with van der Waals surface area (Å²) in [6.07, 6.45) is 0.343. The predicted octanol–water partition coefficient (Wildman–Crippen LogP) is 2.02. The summed E-state index contributed by atoms with van der Waals surface area (Å²) in [5.41, 5.74) is 1.93. The first-order valence-corrected chi connectivity index (χ1v) is 9.96. The Balaban J connectivity index is 1.71. The van der Waals surface area contributed by atoms with Gasteiger partial charge in [-0.1, -0.05) is 13.0 Å². The van der Waals surface area contributed by atoms with E-state index in [-0.39, 0.29) is 5.92 Å². The number of carbonyl (C=O) groups is 2. The molecule has 0 amide bonds. The lowest BCUT2D eigenvalue weighted by Crippen LogP contribution is -2.49. The Morgan fingerprint density at radius 1 is 1.19 bits per heavy atom. The molecular formula is C22H23N3O6. The Hall–Kier alpha value is -3.59. The van der Waals surface area contributed by atoms with Crippen LogP contribution in [-0.2, 0) is 24.8 Å². The number of likely N-dealkylation sites (tertiary alicyclic amines) is 1. The zero-order chi connectivity index (χ0) is 22.4. The number of nitrogens with zero attached hydrogens (tertiary/aromatic N) is 2. The van der Waals surface area contributed by atoms with E-state index in [4.69, 9.17) is 5.11 Å². The summed E-state index contributed by atoms with van der Waals surface area (Å²) < 4.78 is 2.04. The molecule has 4 rings (SSSR count). The zero-order valence-corrected chi connectivity index (χ0v) is 17.2. The number of carboxylic acids is 2. The Morgan fingerprint density at radius 2 is 1.90 bits per heavy atom. The fourth-order valence-electron chi connectivity index (χ4n) is 4.22. The molecule has 0 bridgehead atoms. The van der Waals surface area contributed by atoms with Gasteiger partial charge in [-0.2, -0.15) is 0 Å². The minimum atomic E-state index is -1.47. The molecule has 0 spiro atoms. The van der Waals surface area contributed by atoms with E-state index in [2.05, 4.69) is 9.88 Å². The van der Waals surface area contributed by atoms with Gasteiger partial charge in [-0.25, -0.2) is 4.79 Å². The number of carboxylic acid groups (broad SMARTS) is 2. The van der Waals surface area contributed by atoms with Crippen molar-refractivity contribution >= 4 is 22.8 Å². The molecule has 31 heavy (non-hydrogen) atoms. The number of benzene rings is 1. The molecule has 9 nitrogen and oxygen atoms in total. The van der Waals surface area contributed by atoms with E-state index >= 15 is 0 Å². The van der Waals surface area contributed by atoms with Gasteiger partial charge in [0.15, 0.2) is 5.56 Å². The van der Waals surface area contributed by atoms with Crippen LogP contribution in [0.5, 0.6) is 5.75 Å². The molecule has 0 aliphatic carbocycles. The topological polar surface area (TPSA) is 136 Å². The van der Waals surface area contributed by atoms with Gasteiger partial charge in [-0.15, -0.1) is 0 Å². The third kappa shape index (κ3) is 3.46. The molecular weight excluding hydrogens is 402 g/mol. The summed E-state index contributed by atoms with van der Waals surface area (Å²) in [4.78, 5) is 39.3. The highest BCUT2D eigenvalue weighted by Crippen LogP contribution is 2.32. The van der Waals surface area contributed by atoms with E-state index < -0.39 is 28.8 Å². The monoisotopic (exact) mass is 425 g/mol. The van der Waals surface area contributed by atoms with Gasteiger partial charge < -0.3 is 24.9 Å². The number of rotatable bonds is 6. The van der Waals surface area contributed by atoms with Crippen LogP contribution in [-0.4, -0.2) is 54.8 Å². The maximum Gasteiger partial charge on any atom is 0.345 e. The Kier molecular flexibility index (Phi) is 5.06. The van der Waals surface area contributed by atoms with Gasteiger partial charge in [0.1, 0.15) is 5.75 Å². The molecule has 1 aliphatic heterocycles. The summed E-state index contributed by atoms with van der Waals surface area (Å²) in [5.74, 6) is -3.06. The van der Waals surface area contributed by atoms with E-state index in [9.17, 15) is 24.6 Å². The van der Waals surface area contributed by atoms with E-state index in [1.54, 1.807) is 6.92 Å². The average molecular weight is 425 g/mol. The first-order chi connectivity index (χ1) is 14.7. The standard InChI is InChI=1S/C22H23N3O6/c1-3-15-18(23-20(27)17(19(15)26)22(30)31)11-4-5-16-12(6-11)7-14(24(16)2)10-25-8-13(9-25)21(28)29/h4-7,13H,3,8-10H2,1-2H3,(H,28,29)(H,30,31)(H2,23,26,27). The van der Waals surface area contributed by atoms with Gasteiger partial charge >= 0.3 is 11.9 Å². The number of hydrogen-bond donors (Lipinski definition) is 4. The molecule has 1 aromatic carbocycles. The highest BCUT2D eigenvalue weighted by atomic mass is 16.4. The largest absolute Gasteiger partial charge is 0.506 e. The van der Waals surface area contributed by atoms with Crippen molar-refractivity contribution in [2.75, 3.05) is 13.1 Å². The number of pyridine rings is 1. The molecule has 0 atom stereocenters. The Labute approximate surface area is 177 Å². The van der Waals surface area contributed by atoms with Gasteiger partial charge in [-0.3, -0.25) is 14.5 Å². The normalized spacial score (nSPS) is 14.6. The summed E-state index contributed by atoms with van der Waals surface area (Å²) in [6, 6.07) is 7.63. The first kappa shape index (κ1) is 20.7. The smallest absolute Gasteiger partial charge is 0.345 e. The molecule has 3 heterocycles. The van der Waals surface area contributed by atoms with Crippen LogP contribution in [0, 0.1) is 5.92 Å². The van der Waals surface area contributed by atoms with Crippen LogP contribution >= 0.6 is 0 Å². The van der Waals surface area contributed by atoms with E-state index in [0.29, 0.717) is 42.9 Å². The van der Waals surface area contributed by atoms with Crippen LogP contribution in [0.1, 0.15) is 28.5 Å². The highest BCUT2D eigenvalue weighted by Gasteiger charge is 2.32. The van der Waals surface area contributed by atoms with Crippen LogP contribution in [0.2, 0.25) is 0 Å². The minimum absolute atomic E-state index is 0.313. The number of H-pyrrole nitrogens is 1. The maximum atomic E-state index is 12.3. The number of aliphatic carboxylic acids is 1. The SMILES string of the molecule is CCc1c(-c2ccc3c(c2)cc(CN2CC(C(=O)O)C2)n3C)[nH]c(=O)c(C(=O)O)c1O. The second kappa shape index (κ2) is 7.59. The van der Waals surface area contributed by atoms with Crippen LogP contribution in [0.15, 0.2) is 29.1 Å². The maximum absolute atomic E-state index is 12.3.